The first-order valence-electron chi connectivity index (χ1n) is 8.74. The molecule has 0 aliphatic rings. The highest BCUT2D eigenvalue weighted by Gasteiger charge is 2.16. The molecule has 0 spiro atoms. The molecule has 0 fully saturated rings. The molecule has 1 N–H and O–H groups in total. The van der Waals surface area contributed by atoms with Crippen molar-refractivity contribution < 1.29 is 18.3 Å². The first-order valence-corrected chi connectivity index (χ1v) is 8.74. The van der Waals surface area contributed by atoms with E-state index < -0.39 is 12.1 Å². The smallest absolute Gasteiger partial charge is 0.320 e. The standard InChI is InChI=1S/C19H21F2N3O3/c1-3-4-5-8-27-16-9-12(6-7-15(16)26-2)13-10-14-17(18(25)23-13)24(11-22-14)19(20)21/h6-7,9-11,19H,3-5,8H2,1-2H3,(H,23,25). The molecule has 0 unspecified atom stereocenters. The molecule has 27 heavy (non-hydrogen) atoms. The summed E-state index contributed by atoms with van der Waals surface area (Å²) in [6, 6.07) is 6.83. The van der Waals surface area contributed by atoms with Crippen molar-refractivity contribution in [3.63, 3.8) is 0 Å². The lowest BCUT2D eigenvalue weighted by molar-refractivity contribution is 0.0744. The Bertz CT molecular complexity index is 982. The number of fused-ring (bicyclic) bond motifs is 1. The normalized spacial score (nSPS) is 11.3. The van der Waals surface area contributed by atoms with E-state index in [4.69, 9.17) is 9.47 Å². The van der Waals surface area contributed by atoms with Crippen molar-refractivity contribution in [1.82, 2.24) is 14.5 Å². The van der Waals surface area contributed by atoms with Crippen LogP contribution in [-0.4, -0.2) is 28.3 Å². The van der Waals surface area contributed by atoms with Gasteiger partial charge in [-0.05, 0) is 30.7 Å². The van der Waals surface area contributed by atoms with Gasteiger partial charge < -0.3 is 14.5 Å². The van der Waals surface area contributed by atoms with Gasteiger partial charge >= 0.3 is 6.55 Å². The molecule has 6 nitrogen and oxygen atoms in total. The minimum Gasteiger partial charge on any atom is -0.493 e. The van der Waals surface area contributed by atoms with Gasteiger partial charge in [0.1, 0.15) is 11.8 Å². The van der Waals surface area contributed by atoms with Gasteiger partial charge in [0.25, 0.3) is 5.56 Å². The van der Waals surface area contributed by atoms with Gasteiger partial charge in [-0.25, -0.2) is 4.98 Å². The van der Waals surface area contributed by atoms with Crippen molar-refractivity contribution in [2.75, 3.05) is 13.7 Å². The van der Waals surface area contributed by atoms with Gasteiger partial charge in [0.05, 0.1) is 24.9 Å². The van der Waals surface area contributed by atoms with Crippen molar-refractivity contribution >= 4 is 11.0 Å². The number of aromatic nitrogens is 3. The molecule has 1 aromatic carbocycles. The highest BCUT2D eigenvalue weighted by Crippen LogP contribution is 2.32. The fourth-order valence-electron chi connectivity index (χ4n) is 2.86. The van der Waals surface area contributed by atoms with Crippen LogP contribution in [0.25, 0.3) is 22.3 Å². The van der Waals surface area contributed by atoms with Crippen LogP contribution in [0.4, 0.5) is 8.78 Å². The molecule has 0 bridgehead atoms. The quantitative estimate of drug-likeness (QED) is 0.592. The lowest BCUT2D eigenvalue weighted by atomic mass is 10.1. The van der Waals surface area contributed by atoms with E-state index in [9.17, 15) is 13.6 Å². The maximum absolute atomic E-state index is 13.0. The van der Waals surface area contributed by atoms with E-state index in [2.05, 4.69) is 16.9 Å². The third-order valence-electron chi connectivity index (χ3n) is 4.26. The van der Waals surface area contributed by atoms with Gasteiger partial charge in [-0.3, -0.25) is 9.36 Å². The third kappa shape index (κ3) is 3.94. The van der Waals surface area contributed by atoms with E-state index in [1.165, 1.54) is 0 Å². The van der Waals surface area contributed by atoms with E-state index >= 15 is 0 Å². The SMILES string of the molecule is CCCCCOc1cc(-c2cc3ncn(C(F)F)c3c(=O)[nH]2)ccc1OC. The first kappa shape index (κ1) is 18.9. The molecule has 8 heteroatoms. The number of nitrogens with one attached hydrogen (secondary N) is 1. The van der Waals surface area contributed by atoms with Gasteiger partial charge in [0.15, 0.2) is 11.5 Å². The number of alkyl halides is 2. The third-order valence-corrected chi connectivity index (χ3v) is 4.26. The van der Waals surface area contributed by atoms with Crippen LogP contribution in [0.15, 0.2) is 35.4 Å². The number of rotatable bonds is 8. The second-order valence-corrected chi connectivity index (χ2v) is 6.10. The number of aromatic amines is 1. The minimum absolute atomic E-state index is 0.154. The van der Waals surface area contributed by atoms with Crippen molar-refractivity contribution in [1.29, 1.82) is 0 Å². The van der Waals surface area contributed by atoms with Gasteiger partial charge in [-0.1, -0.05) is 19.8 Å². The molecule has 3 aromatic rings. The zero-order valence-electron chi connectivity index (χ0n) is 15.2. The summed E-state index contributed by atoms with van der Waals surface area (Å²) in [6.45, 7) is -0.156. The molecule has 2 heterocycles. The van der Waals surface area contributed by atoms with E-state index in [0.717, 1.165) is 25.6 Å². The van der Waals surface area contributed by atoms with Gasteiger partial charge in [0, 0.05) is 5.56 Å². The Morgan fingerprint density at radius 2 is 2.04 bits per heavy atom. The van der Waals surface area contributed by atoms with E-state index in [-0.39, 0.29) is 11.0 Å². The maximum Gasteiger partial charge on any atom is 0.320 e. The van der Waals surface area contributed by atoms with Crippen molar-refractivity contribution in [2.24, 2.45) is 0 Å². The Labute approximate surface area is 154 Å². The van der Waals surface area contributed by atoms with E-state index in [0.29, 0.717) is 33.9 Å². The van der Waals surface area contributed by atoms with Gasteiger partial charge in [0.2, 0.25) is 0 Å². The highest BCUT2D eigenvalue weighted by atomic mass is 19.3. The summed E-state index contributed by atoms with van der Waals surface area (Å²) >= 11 is 0. The largest absolute Gasteiger partial charge is 0.493 e. The molecule has 0 aliphatic heterocycles. The Kier molecular flexibility index (Phi) is 5.73. The van der Waals surface area contributed by atoms with Crippen LogP contribution in [0, 0.1) is 0 Å². The molecule has 0 saturated carbocycles. The average Bonchev–Trinajstić information content (AvgIpc) is 3.10. The number of imidazole rings is 1. The Morgan fingerprint density at radius 1 is 1.22 bits per heavy atom. The lowest BCUT2D eigenvalue weighted by Crippen LogP contribution is -2.12. The van der Waals surface area contributed by atoms with Crippen LogP contribution in [0.5, 0.6) is 11.5 Å². The fraction of sp³-hybridized carbons (Fsp3) is 0.368. The van der Waals surface area contributed by atoms with Crippen LogP contribution in [0.1, 0.15) is 32.7 Å². The van der Waals surface area contributed by atoms with Crippen LogP contribution in [-0.2, 0) is 0 Å². The number of H-pyrrole nitrogens is 1. The summed E-state index contributed by atoms with van der Waals surface area (Å²) in [7, 11) is 1.55. The van der Waals surface area contributed by atoms with E-state index in [1.807, 2.05) is 0 Å². The summed E-state index contributed by atoms with van der Waals surface area (Å²) in [4.78, 5) is 18.9. The van der Waals surface area contributed by atoms with Crippen LogP contribution in [0.2, 0.25) is 0 Å². The zero-order chi connectivity index (χ0) is 19.4. The number of hydrogen-bond acceptors (Lipinski definition) is 4. The summed E-state index contributed by atoms with van der Waals surface area (Å²) in [6.07, 6.45) is 4.05. The van der Waals surface area contributed by atoms with Crippen LogP contribution >= 0.6 is 0 Å². The van der Waals surface area contributed by atoms with Crippen molar-refractivity contribution in [3.8, 4) is 22.8 Å². The van der Waals surface area contributed by atoms with Crippen molar-refractivity contribution in [3.05, 3.63) is 40.9 Å². The molecule has 144 valence electrons. The van der Waals surface area contributed by atoms with Crippen molar-refractivity contribution in [2.45, 2.75) is 32.7 Å². The zero-order valence-corrected chi connectivity index (χ0v) is 15.2. The monoisotopic (exact) mass is 377 g/mol. The Morgan fingerprint density at radius 3 is 2.74 bits per heavy atom. The summed E-state index contributed by atoms with van der Waals surface area (Å²) < 4.78 is 37.6. The van der Waals surface area contributed by atoms with Gasteiger partial charge in [-0.15, -0.1) is 0 Å². The van der Waals surface area contributed by atoms with E-state index in [1.54, 1.807) is 31.4 Å². The average molecular weight is 377 g/mol. The summed E-state index contributed by atoms with van der Waals surface area (Å²) in [5.74, 6) is 1.14. The molecule has 3 rings (SSSR count). The summed E-state index contributed by atoms with van der Waals surface area (Å²) in [5.41, 5.74) is 0.565. The Hall–Kier alpha value is -2.90. The fourth-order valence-corrected chi connectivity index (χ4v) is 2.86. The number of benzene rings is 1. The topological polar surface area (TPSA) is 69.1 Å². The molecule has 0 radical (unpaired) electrons. The number of pyridine rings is 1. The molecule has 0 aliphatic carbocycles. The number of nitrogens with zero attached hydrogens (tertiary/aromatic N) is 2. The predicted octanol–water partition coefficient (Wildman–Crippen LogP) is 4.36. The maximum atomic E-state index is 13.0. The minimum atomic E-state index is -2.83. The molecule has 0 atom stereocenters. The molecular weight excluding hydrogens is 356 g/mol. The number of unbranched alkanes of at least 4 members (excludes halogenated alkanes) is 2. The highest BCUT2D eigenvalue weighted by molar-refractivity contribution is 5.79. The molecule has 2 aromatic heterocycles. The number of halogens is 2. The molecular formula is C19H21F2N3O3. The first-order chi connectivity index (χ1) is 13.0. The molecule has 0 saturated heterocycles. The molecule has 0 amide bonds. The summed E-state index contributed by atoms with van der Waals surface area (Å²) in [5, 5.41) is 0. The second-order valence-electron chi connectivity index (χ2n) is 6.10. The number of methoxy groups -OCH3 is 1. The van der Waals surface area contributed by atoms with Crippen LogP contribution < -0.4 is 15.0 Å². The van der Waals surface area contributed by atoms with Gasteiger partial charge in [-0.2, -0.15) is 8.78 Å². The second kappa shape index (κ2) is 8.20. The Balaban J connectivity index is 1.97. The lowest BCUT2D eigenvalue weighted by Gasteiger charge is -2.12. The number of ether oxygens (including phenoxy) is 2. The predicted molar refractivity (Wildman–Crippen MR) is 98.6 cm³/mol. The van der Waals surface area contributed by atoms with Crippen LogP contribution in [0.3, 0.4) is 0 Å². The number of hydrogen-bond donors (Lipinski definition) is 1.